The Morgan fingerprint density at radius 1 is 1.30 bits per heavy atom. The van der Waals surface area contributed by atoms with E-state index in [1.54, 1.807) is 12.4 Å². The van der Waals surface area contributed by atoms with E-state index in [0.29, 0.717) is 25.5 Å². The van der Waals surface area contributed by atoms with Gasteiger partial charge >= 0.3 is 0 Å². The Morgan fingerprint density at radius 3 is 3.05 bits per heavy atom. The van der Waals surface area contributed by atoms with E-state index < -0.39 is 0 Å². The molecule has 1 atom stereocenters. The molecule has 0 radical (unpaired) electrons. The normalized spacial score (nSPS) is 16.8. The first-order chi connectivity index (χ1) is 9.85. The summed E-state index contributed by atoms with van der Waals surface area (Å²) in [6.45, 7) is 1.38. The molecule has 2 N–H and O–H groups in total. The van der Waals surface area contributed by atoms with Crippen molar-refractivity contribution >= 4 is 0 Å². The first kappa shape index (κ1) is 12.7. The van der Waals surface area contributed by atoms with E-state index in [1.165, 1.54) is 0 Å². The zero-order valence-corrected chi connectivity index (χ0v) is 11.0. The zero-order valence-electron chi connectivity index (χ0n) is 11.0. The fourth-order valence-corrected chi connectivity index (χ4v) is 1.95. The van der Waals surface area contributed by atoms with Crippen molar-refractivity contribution in [3.05, 3.63) is 48.3 Å². The van der Waals surface area contributed by atoms with Crippen LogP contribution in [0.15, 0.2) is 42.7 Å². The fraction of sp³-hybridized carbons (Fsp3) is 0.267. The van der Waals surface area contributed by atoms with Crippen LogP contribution in [0.3, 0.4) is 0 Å². The van der Waals surface area contributed by atoms with Crippen molar-refractivity contribution < 1.29 is 14.2 Å². The van der Waals surface area contributed by atoms with E-state index in [-0.39, 0.29) is 6.10 Å². The molecule has 104 valence electrons. The molecule has 1 aromatic heterocycles. The Balaban J connectivity index is 1.69. The molecule has 0 unspecified atom stereocenters. The van der Waals surface area contributed by atoms with E-state index >= 15 is 0 Å². The number of aromatic nitrogens is 1. The second-order valence-corrected chi connectivity index (χ2v) is 4.55. The Labute approximate surface area is 117 Å². The lowest BCUT2D eigenvalue weighted by Gasteiger charge is -2.25. The van der Waals surface area contributed by atoms with Crippen molar-refractivity contribution in [1.29, 1.82) is 0 Å². The molecule has 5 heteroatoms. The second kappa shape index (κ2) is 5.79. The summed E-state index contributed by atoms with van der Waals surface area (Å²) in [6, 6.07) is 9.39. The number of hydrogen-bond donors (Lipinski definition) is 1. The van der Waals surface area contributed by atoms with Crippen LogP contribution in [0.4, 0.5) is 0 Å². The lowest BCUT2D eigenvalue weighted by atomic mass is 10.2. The van der Waals surface area contributed by atoms with Crippen LogP contribution in [0.1, 0.15) is 5.56 Å². The molecule has 1 aliphatic rings. The molecule has 0 bridgehead atoms. The summed E-state index contributed by atoms with van der Waals surface area (Å²) in [5.74, 6) is 2.13. The van der Waals surface area contributed by atoms with Gasteiger partial charge in [0.1, 0.15) is 25.1 Å². The lowest BCUT2D eigenvalue weighted by Crippen LogP contribution is -2.35. The van der Waals surface area contributed by atoms with Crippen LogP contribution in [0.5, 0.6) is 17.2 Å². The highest BCUT2D eigenvalue weighted by Crippen LogP contribution is 2.35. The second-order valence-electron chi connectivity index (χ2n) is 4.55. The summed E-state index contributed by atoms with van der Waals surface area (Å²) >= 11 is 0. The summed E-state index contributed by atoms with van der Waals surface area (Å²) in [5.41, 5.74) is 6.61. The molecule has 0 fully saturated rings. The number of fused-ring (bicyclic) bond motifs is 1. The standard InChI is InChI=1S/C15H16N2O3/c16-7-13-10-19-14-4-3-12(6-15(14)20-13)18-9-11-2-1-5-17-8-11/h1-6,8,13H,7,9-10,16H2/t13-/m1/s1. The smallest absolute Gasteiger partial charge is 0.165 e. The number of benzene rings is 1. The number of rotatable bonds is 4. The third-order valence-corrected chi connectivity index (χ3v) is 3.02. The third-order valence-electron chi connectivity index (χ3n) is 3.02. The highest BCUT2D eigenvalue weighted by molar-refractivity contribution is 5.46. The lowest BCUT2D eigenvalue weighted by molar-refractivity contribution is 0.0962. The Kier molecular flexibility index (Phi) is 3.69. The largest absolute Gasteiger partial charge is 0.489 e. The minimum atomic E-state index is -0.101. The van der Waals surface area contributed by atoms with Crippen LogP contribution in [0, 0.1) is 0 Å². The topological polar surface area (TPSA) is 66.6 Å². The van der Waals surface area contributed by atoms with Gasteiger partial charge in [-0.15, -0.1) is 0 Å². The van der Waals surface area contributed by atoms with Gasteiger partial charge in [0.25, 0.3) is 0 Å². The number of nitrogens with two attached hydrogens (primary N) is 1. The minimum absolute atomic E-state index is 0.101. The molecule has 0 aliphatic carbocycles. The van der Waals surface area contributed by atoms with Crippen LogP contribution in [0.2, 0.25) is 0 Å². The summed E-state index contributed by atoms with van der Waals surface area (Å²) < 4.78 is 17.0. The van der Waals surface area contributed by atoms with Crippen LogP contribution in [-0.4, -0.2) is 24.2 Å². The molecule has 0 spiro atoms. The summed E-state index contributed by atoms with van der Waals surface area (Å²) in [7, 11) is 0. The highest BCUT2D eigenvalue weighted by Gasteiger charge is 2.20. The monoisotopic (exact) mass is 272 g/mol. The number of pyridine rings is 1. The maximum Gasteiger partial charge on any atom is 0.165 e. The van der Waals surface area contributed by atoms with E-state index in [9.17, 15) is 0 Å². The van der Waals surface area contributed by atoms with E-state index in [0.717, 1.165) is 17.1 Å². The molecule has 3 rings (SSSR count). The maximum absolute atomic E-state index is 5.73. The van der Waals surface area contributed by atoms with Crippen LogP contribution in [0.25, 0.3) is 0 Å². The van der Waals surface area contributed by atoms with Gasteiger partial charge in [-0.05, 0) is 18.2 Å². The van der Waals surface area contributed by atoms with E-state index in [4.69, 9.17) is 19.9 Å². The number of ether oxygens (including phenoxy) is 3. The molecule has 1 aliphatic heterocycles. The van der Waals surface area contributed by atoms with Gasteiger partial charge in [-0.25, -0.2) is 0 Å². The molecule has 1 aromatic carbocycles. The first-order valence-corrected chi connectivity index (χ1v) is 6.50. The van der Waals surface area contributed by atoms with Gasteiger partial charge in [0.05, 0.1) is 0 Å². The predicted molar refractivity (Wildman–Crippen MR) is 74.0 cm³/mol. The van der Waals surface area contributed by atoms with Gasteiger partial charge in [0.15, 0.2) is 11.5 Å². The molecule has 2 heterocycles. The molecule has 0 amide bonds. The molecule has 0 saturated carbocycles. The average molecular weight is 272 g/mol. The van der Waals surface area contributed by atoms with Gasteiger partial charge in [0.2, 0.25) is 0 Å². The van der Waals surface area contributed by atoms with Crippen molar-refractivity contribution in [3.63, 3.8) is 0 Å². The van der Waals surface area contributed by atoms with Crippen molar-refractivity contribution in [3.8, 4) is 17.2 Å². The summed E-state index contributed by atoms with van der Waals surface area (Å²) in [4.78, 5) is 4.05. The van der Waals surface area contributed by atoms with Crippen LogP contribution < -0.4 is 19.9 Å². The molecule has 0 saturated heterocycles. The number of nitrogens with zero attached hydrogens (tertiary/aromatic N) is 1. The van der Waals surface area contributed by atoms with Crippen molar-refractivity contribution in [1.82, 2.24) is 4.98 Å². The molecular weight excluding hydrogens is 256 g/mol. The fourth-order valence-electron chi connectivity index (χ4n) is 1.95. The number of hydrogen-bond acceptors (Lipinski definition) is 5. The van der Waals surface area contributed by atoms with Gasteiger partial charge in [-0.3, -0.25) is 4.98 Å². The minimum Gasteiger partial charge on any atom is -0.489 e. The van der Waals surface area contributed by atoms with Crippen molar-refractivity contribution in [2.75, 3.05) is 13.2 Å². The SMILES string of the molecule is NC[C@@H]1COc2ccc(OCc3cccnc3)cc2O1. The van der Waals surface area contributed by atoms with Gasteiger partial charge in [0, 0.05) is 30.6 Å². The van der Waals surface area contributed by atoms with E-state index in [2.05, 4.69) is 4.98 Å². The van der Waals surface area contributed by atoms with Crippen molar-refractivity contribution in [2.24, 2.45) is 5.73 Å². The Hall–Kier alpha value is -2.27. The average Bonchev–Trinajstić information content (AvgIpc) is 2.53. The zero-order chi connectivity index (χ0) is 13.8. The molecule has 2 aromatic rings. The quantitative estimate of drug-likeness (QED) is 0.918. The van der Waals surface area contributed by atoms with E-state index in [1.807, 2.05) is 30.3 Å². The maximum atomic E-state index is 5.73. The summed E-state index contributed by atoms with van der Waals surface area (Å²) in [6.07, 6.45) is 3.42. The first-order valence-electron chi connectivity index (χ1n) is 6.50. The third kappa shape index (κ3) is 2.83. The predicted octanol–water partition coefficient (Wildman–Crippen LogP) is 1.76. The Morgan fingerprint density at radius 2 is 2.25 bits per heavy atom. The summed E-state index contributed by atoms with van der Waals surface area (Å²) in [5, 5.41) is 0. The highest BCUT2D eigenvalue weighted by atomic mass is 16.6. The Bertz CT molecular complexity index is 575. The van der Waals surface area contributed by atoms with Gasteiger partial charge < -0.3 is 19.9 Å². The van der Waals surface area contributed by atoms with Gasteiger partial charge in [-0.2, -0.15) is 0 Å². The van der Waals surface area contributed by atoms with Crippen molar-refractivity contribution in [2.45, 2.75) is 12.7 Å². The van der Waals surface area contributed by atoms with Crippen LogP contribution >= 0.6 is 0 Å². The van der Waals surface area contributed by atoms with Gasteiger partial charge in [-0.1, -0.05) is 6.07 Å². The molecular formula is C15H16N2O3. The molecule has 20 heavy (non-hydrogen) atoms. The molecule has 5 nitrogen and oxygen atoms in total. The van der Waals surface area contributed by atoms with Crippen LogP contribution in [-0.2, 0) is 6.61 Å².